The molecule has 0 radical (unpaired) electrons. The number of benzene rings is 2. The number of sulfonamides is 1. The Bertz CT molecular complexity index is 965. The monoisotopic (exact) mass is 357 g/mol. The SMILES string of the molecule is O=C(O)c1cc2c(c(S(=O)(=O)N3CCCc4ccccc43)c1)CCC2. The molecule has 1 aliphatic heterocycles. The van der Waals surface area contributed by atoms with Crippen molar-refractivity contribution in [2.75, 3.05) is 10.8 Å². The third-order valence-corrected chi connectivity index (χ3v) is 6.94. The van der Waals surface area contributed by atoms with E-state index in [1.54, 1.807) is 6.07 Å². The summed E-state index contributed by atoms with van der Waals surface area (Å²) in [5.41, 5.74) is 3.41. The van der Waals surface area contributed by atoms with Crippen molar-refractivity contribution >= 4 is 21.7 Å². The summed E-state index contributed by atoms with van der Waals surface area (Å²) >= 11 is 0. The number of carboxylic acid groups (broad SMARTS) is 1. The predicted octanol–water partition coefficient (Wildman–Crippen LogP) is 3.02. The minimum absolute atomic E-state index is 0.0459. The molecule has 1 aliphatic carbocycles. The normalized spacial score (nSPS) is 16.4. The molecule has 4 rings (SSSR count). The van der Waals surface area contributed by atoms with Crippen molar-refractivity contribution in [3.05, 3.63) is 58.7 Å². The van der Waals surface area contributed by atoms with Gasteiger partial charge < -0.3 is 5.11 Å². The molecule has 2 aromatic rings. The van der Waals surface area contributed by atoms with Crippen molar-refractivity contribution < 1.29 is 18.3 Å². The van der Waals surface area contributed by atoms with Gasteiger partial charge in [-0.25, -0.2) is 13.2 Å². The number of aromatic carboxylic acids is 1. The van der Waals surface area contributed by atoms with Gasteiger partial charge in [-0.3, -0.25) is 4.31 Å². The lowest BCUT2D eigenvalue weighted by Gasteiger charge is -2.31. The number of fused-ring (bicyclic) bond motifs is 2. The Morgan fingerprint density at radius 1 is 1.00 bits per heavy atom. The van der Waals surface area contributed by atoms with Crippen LogP contribution >= 0.6 is 0 Å². The summed E-state index contributed by atoms with van der Waals surface area (Å²) < 4.78 is 28.3. The first-order chi connectivity index (χ1) is 12.0. The molecular weight excluding hydrogens is 338 g/mol. The predicted molar refractivity (Wildman–Crippen MR) is 94.7 cm³/mol. The topological polar surface area (TPSA) is 74.7 Å². The Labute approximate surface area is 147 Å². The zero-order valence-corrected chi connectivity index (χ0v) is 14.6. The number of carboxylic acids is 1. The quantitative estimate of drug-likeness (QED) is 0.916. The van der Waals surface area contributed by atoms with E-state index < -0.39 is 16.0 Å². The number of para-hydroxylation sites is 1. The molecule has 2 aliphatic rings. The van der Waals surface area contributed by atoms with Gasteiger partial charge in [0.05, 0.1) is 16.1 Å². The molecule has 5 nitrogen and oxygen atoms in total. The van der Waals surface area contributed by atoms with Gasteiger partial charge in [-0.2, -0.15) is 0 Å². The molecule has 0 bridgehead atoms. The van der Waals surface area contributed by atoms with Crippen molar-refractivity contribution in [2.45, 2.75) is 37.0 Å². The molecule has 0 spiro atoms. The van der Waals surface area contributed by atoms with Gasteiger partial charge in [0.25, 0.3) is 10.0 Å². The lowest BCUT2D eigenvalue weighted by Crippen LogP contribution is -2.36. The molecule has 130 valence electrons. The first-order valence-corrected chi connectivity index (χ1v) is 9.92. The summed E-state index contributed by atoms with van der Waals surface area (Å²) in [6, 6.07) is 10.5. The molecule has 0 aromatic heterocycles. The van der Waals surface area contributed by atoms with E-state index >= 15 is 0 Å². The molecule has 0 saturated carbocycles. The summed E-state index contributed by atoms with van der Waals surface area (Å²) in [4.78, 5) is 11.6. The average Bonchev–Trinajstić information content (AvgIpc) is 3.08. The molecule has 2 aromatic carbocycles. The minimum atomic E-state index is -3.79. The fourth-order valence-electron chi connectivity index (χ4n) is 3.89. The number of hydrogen-bond acceptors (Lipinski definition) is 3. The van der Waals surface area contributed by atoms with Gasteiger partial charge >= 0.3 is 5.97 Å². The minimum Gasteiger partial charge on any atom is -0.478 e. The molecule has 1 N–H and O–H groups in total. The smallest absolute Gasteiger partial charge is 0.335 e. The zero-order chi connectivity index (χ0) is 17.6. The lowest BCUT2D eigenvalue weighted by atomic mass is 10.0. The molecule has 25 heavy (non-hydrogen) atoms. The van der Waals surface area contributed by atoms with Crippen LogP contribution in [-0.4, -0.2) is 26.0 Å². The molecule has 0 atom stereocenters. The summed E-state index contributed by atoms with van der Waals surface area (Å²) in [5.74, 6) is -1.09. The van der Waals surface area contributed by atoms with Crippen LogP contribution in [0.5, 0.6) is 0 Å². The van der Waals surface area contributed by atoms with E-state index in [0.29, 0.717) is 18.7 Å². The summed E-state index contributed by atoms with van der Waals surface area (Å²) in [5, 5.41) is 9.37. The van der Waals surface area contributed by atoms with Crippen LogP contribution in [-0.2, 0) is 29.3 Å². The maximum absolute atomic E-state index is 13.4. The van der Waals surface area contributed by atoms with Crippen LogP contribution in [0.25, 0.3) is 0 Å². The lowest BCUT2D eigenvalue weighted by molar-refractivity contribution is 0.0696. The molecule has 0 fully saturated rings. The van der Waals surface area contributed by atoms with Gasteiger partial charge in [-0.1, -0.05) is 18.2 Å². The van der Waals surface area contributed by atoms with Crippen molar-refractivity contribution in [3.63, 3.8) is 0 Å². The van der Waals surface area contributed by atoms with Crippen LogP contribution in [0.3, 0.4) is 0 Å². The van der Waals surface area contributed by atoms with Crippen molar-refractivity contribution in [1.82, 2.24) is 0 Å². The van der Waals surface area contributed by atoms with Gasteiger partial charge in [0, 0.05) is 6.54 Å². The third-order valence-electron chi connectivity index (χ3n) is 5.06. The van der Waals surface area contributed by atoms with Gasteiger partial charge in [0.15, 0.2) is 0 Å². The molecule has 0 saturated heterocycles. The summed E-state index contributed by atoms with van der Waals surface area (Å²) in [6.07, 6.45) is 3.89. The van der Waals surface area contributed by atoms with Crippen LogP contribution in [0.4, 0.5) is 5.69 Å². The number of hydrogen-bond donors (Lipinski definition) is 1. The highest BCUT2D eigenvalue weighted by Gasteiger charge is 2.33. The van der Waals surface area contributed by atoms with Gasteiger partial charge in [0.2, 0.25) is 0 Å². The maximum Gasteiger partial charge on any atom is 0.335 e. The molecule has 0 unspecified atom stereocenters. The second-order valence-electron chi connectivity index (χ2n) is 6.58. The zero-order valence-electron chi connectivity index (χ0n) is 13.7. The summed E-state index contributed by atoms with van der Waals surface area (Å²) in [7, 11) is -3.79. The Morgan fingerprint density at radius 3 is 2.56 bits per heavy atom. The fourth-order valence-corrected chi connectivity index (χ4v) is 5.75. The van der Waals surface area contributed by atoms with Crippen LogP contribution in [0.1, 0.15) is 39.9 Å². The highest BCUT2D eigenvalue weighted by atomic mass is 32.2. The standard InChI is InChI=1S/C19H19NO4S/c21-19(22)15-11-14-6-3-8-16(14)18(12-15)25(23,24)20-10-4-7-13-5-1-2-9-17(13)20/h1-2,5,9,11-12H,3-4,6-8,10H2,(H,21,22). The van der Waals surface area contributed by atoms with Crippen LogP contribution < -0.4 is 4.31 Å². The first kappa shape index (κ1) is 16.1. The number of aryl methyl sites for hydroxylation is 2. The van der Waals surface area contributed by atoms with E-state index in [2.05, 4.69) is 0 Å². The molecule has 6 heteroatoms. The second-order valence-corrected chi connectivity index (χ2v) is 8.41. The van der Waals surface area contributed by atoms with E-state index in [1.165, 1.54) is 10.4 Å². The van der Waals surface area contributed by atoms with E-state index in [-0.39, 0.29) is 10.5 Å². The van der Waals surface area contributed by atoms with Crippen molar-refractivity contribution in [3.8, 4) is 0 Å². The highest BCUT2D eigenvalue weighted by molar-refractivity contribution is 7.92. The largest absolute Gasteiger partial charge is 0.478 e. The van der Waals surface area contributed by atoms with Crippen molar-refractivity contribution in [1.29, 1.82) is 0 Å². The number of rotatable bonds is 3. The van der Waals surface area contributed by atoms with E-state index in [4.69, 9.17) is 0 Å². The number of nitrogens with zero attached hydrogens (tertiary/aromatic N) is 1. The van der Waals surface area contributed by atoms with E-state index in [9.17, 15) is 18.3 Å². The second kappa shape index (κ2) is 5.88. The van der Waals surface area contributed by atoms with Crippen LogP contribution in [0.2, 0.25) is 0 Å². The fraction of sp³-hybridized carbons (Fsp3) is 0.316. The number of anilines is 1. The summed E-state index contributed by atoms with van der Waals surface area (Å²) in [6.45, 7) is 0.422. The Balaban J connectivity index is 1.89. The van der Waals surface area contributed by atoms with Crippen molar-refractivity contribution in [2.24, 2.45) is 0 Å². The Kier molecular flexibility index (Phi) is 3.80. The van der Waals surface area contributed by atoms with Crippen LogP contribution in [0, 0.1) is 0 Å². The Morgan fingerprint density at radius 2 is 1.76 bits per heavy atom. The number of carbonyl (C=O) groups is 1. The van der Waals surface area contributed by atoms with Crippen LogP contribution in [0.15, 0.2) is 41.3 Å². The maximum atomic E-state index is 13.4. The highest BCUT2D eigenvalue weighted by Crippen LogP contribution is 2.36. The van der Waals surface area contributed by atoms with Gasteiger partial charge in [-0.05, 0) is 67.0 Å². The van der Waals surface area contributed by atoms with Gasteiger partial charge in [-0.15, -0.1) is 0 Å². The third kappa shape index (κ3) is 2.61. The average molecular weight is 357 g/mol. The molecule has 1 heterocycles. The molecular formula is C19H19NO4S. The molecule has 0 amide bonds. The first-order valence-electron chi connectivity index (χ1n) is 8.48. The van der Waals surface area contributed by atoms with Gasteiger partial charge in [0.1, 0.15) is 0 Å². The van der Waals surface area contributed by atoms with E-state index in [1.807, 2.05) is 24.3 Å². The van der Waals surface area contributed by atoms with E-state index in [0.717, 1.165) is 42.4 Å². The Hall–Kier alpha value is -2.34.